The van der Waals surface area contributed by atoms with E-state index in [1.165, 1.54) is 30.6 Å². The number of hydrogen-bond acceptors (Lipinski definition) is 3. The Hall–Kier alpha value is -3.38. The van der Waals surface area contributed by atoms with E-state index in [9.17, 15) is 13.2 Å². The molecule has 0 bridgehead atoms. The third-order valence-corrected chi connectivity index (χ3v) is 5.91. The van der Waals surface area contributed by atoms with Crippen LogP contribution in [-0.4, -0.2) is 22.7 Å². The van der Waals surface area contributed by atoms with Crippen molar-refractivity contribution in [3.63, 3.8) is 0 Å². The maximum absolute atomic E-state index is 12.7. The van der Waals surface area contributed by atoms with Crippen LogP contribution in [0.1, 0.15) is 15.9 Å². The van der Waals surface area contributed by atoms with Crippen LogP contribution in [0.25, 0.3) is 5.69 Å². The number of ketones is 1. The zero-order chi connectivity index (χ0) is 18.9. The molecule has 134 valence electrons. The van der Waals surface area contributed by atoms with Gasteiger partial charge in [-0.2, -0.15) is 0 Å². The lowest BCUT2D eigenvalue weighted by Crippen LogP contribution is -2.11. The monoisotopic (exact) mass is 376 g/mol. The van der Waals surface area contributed by atoms with Crippen LogP contribution in [-0.2, 0) is 10.0 Å². The van der Waals surface area contributed by atoms with Crippen LogP contribution >= 0.6 is 0 Å². The molecular weight excluding hydrogens is 360 g/mol. The molecule has 0 aliphatic rings. The summed E-state index contributed by atoms with van der Waals surface area (Å²) >= 11 is 0. The molecule has 2 heterocycles. The molecule has 0 saturated heterocycles. The first-order valence-corrected chi connectivity index (χ1v) is 9.76. The maximum atomic E-state index is 12.7. The average Bonchev–Trinajstić information content (AvgIpc) is 3.39. The van der Waals surface area contributed by atoms with E-state index < -0.39 is 10.0 Å². The van der Waals surface area contributed by atoms with Gasteiger partial charge in [0.15, 0.2) is 5.78 Å². The number of rotatable bonds is 5. The molecule has 0 N–H and O–H groups in total. The summed E-state index contributed by atoms with van der Waals surface area (Å²) in [6.07, 6.45) is 6.29. The highest BCUT2D eigenvalue weighted by Gasteiger charge is 2.19. The number of carbonyl (C=O) groups is 1. The van der Waals surface area contributed by atoms with Crippen LogP contribution < -0.4 is 0 Å². The van der Waals surface area contributed by atoms with Gasteiger partial charge >= 0.3 is 0 Å². The molecule has 2 aromatic heterocycles. The van der Waals surface area contributed by atoms with Crippen molar-refractivity contribution < 1.29 is 13.2 Å². The number of carbonyl (C=O) groups excluding carboxylic acids is 1. The molecule has 5 nitrogen and oxygen atoms in total. The minimum atomic E-state index is -3.71. The van der Waals surface area contributed by atoms with Crippen molar-refractivity contribution >= 4 is 15.8 Å². The number of aromatic nitrogens is 2. The normalized spacial score (nSPS) is 11.4. The Morgan fingerprint density at radius 2 is 1.30 bits per heavy atom. The average molecular weight is 376 g/mol. The predicted molar refractivity (Wildman–Crippen MR) is 103 cm³/mol. The molecule has 0 unspecified atom stereocenters. The largest absolute Gasteiger partial charge is 0.323 e. The van der Waals surface area contributed by atoms with Crippen molar-refractivity contribution in [2.45, 2.75) is 4.90 Å². The number of benzene rings is 2. The van der Waals surface area contributed by atoms with E-state index in [4.69, 9.17) is 0 Å². The van der Waals surface area contributed by atoms with Gasteiger partial charge < -0.3 is 4.57 Å². The lowest BCUT2D eigenvalue weighted by Gasteiger charge is -2.04. The molecule has 0 aliphatic heterocycles. The van der Waals surface area contributed by atoms with Gasteiger partial charge in [0, 0.05) is 41.6 Å². The van der Waals surface area contributed by atoms with Gasteiger partial charge in [-0.05, 0) is 36.4 Å². The number of para-hydroxylation sites is 1. The Bertz CT molecular complexity index is 1190. The van der Waals surface area contributed by atoms with Crippen LogP contribution in [0, 0.1) is 0 Å². The first kappa shape index (κ1) is 17.1. The van der Waals surface area contributed by atoms with E-state index in [0.717, 1.165) is 9.66 Å². The van der Waals surface area contributed by atoms with Gasteiger partial charge in [-0.15, -0.1) is 0 Å². The third kappa shape index (κ3) is 3.22. The fourth-order valence-corrected chi connectivity index (χ4v) is 4.05. The Labute approximate surface area is 157 Å². The molecule has 0 fully saturated rings. The molecule has 0 atom stereocenters. The molecule has 6 heteroatoms. The number of hydrogen-bond donors (Lipinski definition) is 0. The SMILES string of the molecule is O=C(c1ccn(-c2ccccc2)c1)c1ccn(S(=O)(=O)c2ccccc2)c1. The molecule has 4 aromatic rings. The summed E-state index contributed by atoms with van der Waals surface area (Å²) < 4.78 is 28.2. The van der Waals surface area contributed by atoms with Crippen molar-refractivity contribution in [1.29, 1.82) is 0 Å². The van der Waals surface area contributed by atoms with Crippen molar-refractivity contribution in [2.24, 2.45) is 0 Å². The molecule has 2 aromatic carbocycles. The smallest absolute Gasteiger partial charge is 0.267 e. The van der Waals surface area contributed by atoms with Crippen LogP contribution in [0.3, 0.4) is 0 Å². The fourth-order valence-electron chi connectivity index (χ4n) is 2.83. The quantitative estimate of drug-likeness (QED) is 0.499. The van der Waals surface area contributed by atoms with Crippen LogP contribution in [0.4, 0.5) is 0 Å². The van der Waals surface area contributed by atoms with Gasteiger partial charge in [0.2, 0.25) is 0 Å². The molecule has 0 saturated carbocycles. The lowest BCUT2D eigenvalue weighted by atomic mass is 10.1. The van der Waals surface area contributed by atoms with Gasteiger partial charge in [0.1, 0.15) is 0 Å². The predicted octanol–water partition coefficient (Wildman–Crippen LogP) is 3.75. The minimum Gasteiger partial charge on any atom is -0.323 e. The molecular formula is C21H16N2O3S. The van der Waals surface area contributed by atoms with Gasteiger partial charge in [-0.1, -0.05) is 36.4 Å². The second kappa shape index (κ2) is 6.74. The van der Waals surface area contributed by atoms with Crippen molar-refractivity contribution in [1.82, 2.24) is 8.54 Å². The van der Waals surface area contributed by atoms with Crippen molar-refractivity contribution in [2.75, 3.05) is 0 Å². The highest BCUT2D eigenvalue weighted by Crippen LogP contribution is 2.18. The molecule has 0 aliphatic carbocycles. The van der Waals surface area contributed by atoms with E-state index >= 15 is 0 Å². The zero-order valence-electron chi connectivity index (χ0n) is 14.3. The molecule has 27 heavy (non-hydrogen) atoms. The second-order valence-electron chi connectivity index (χ2n) is 6.02. The summed E-state index contributed by atoms with van der Waals surface area (Å²) in [5.41, 5.74) is 1.76. The summed E-state index contributed by atoms with van der Waals surface area (Å²) in [5, 5.41) is 0. The van der Waals surface area contributed by atoms with Gasteiger partial charge in [-0.25, -0.2) is 12.4 Å². The molecule has 0 radical (unpaired) electrons. The Morgan fingerprint density at radius 3 is 2.00 bits per heavy atom. The lowest BCUT2D eigenvalue weighted by molar-refractivity contribution is 0.103. The van der Waals surface area contributed by atoms with E-state index in [1.807, 2.05) is 34.9 Å². The van der Waals surface area contributed by atoms with E-state index in [0.29, 0.717) is 11.1 Å². The van der Waals surface area contributed by atoms with Crippen LogP contribution in [0.5, 0.6) is 0 Å². The fraction of sp³-hybridized carbons (Fsp3) is 0. The zero-order valence-corrected chi connectivity index (χ0v) is 15.1. The summed E-state index contributed by atoms with van der Waals surface area (Å²) in [5.74, 6) is -0.230. The van der Waals surface area contributed by atoms with Crippen LogP contribution in [0.2, 0.25) is 0 Å². The van der Waals surface area contributed by atoms with E-state index in [2.05, 4.69) is 0 Å². The summed E-state index contributed by atoms with van der Waals surface area (Å²) in [6, 6.07) is 21.0. The van der Waals surface area contributed by atoms with Crippen LogP contribution in [0.15, 0.2) is 102 Å². The summed E-state index contributed by atoms with van der Waals surface area (Å²) in [7, 11) is -3.71. The van der Waals surface area contributed by atoms with E-state index in [1.54, 1.807) is 36.7 Å². The summed E-state index contributed by atoms with van der Waals surface area (Å²) in [4.78, 5) is 12.9. The van der Waals surface area contributed by atoms with Gasteiger partial charge in [0.25, 0.3) is 10.0 Å². The van der Waals surface area contributed by atoms with Crippen molar-refractivity contribution in [3.05, 3.63) is 109 Å². The molecule has 4 rings (SSSR count). The second-order valence-corrected chi connectivity index (χ2v) is 7.86. The maximum Gasteiger partial charge on any atom is 0.267 e. The number of nitrogens with zero attached hydrogens (tertiary/aromatic N) is 2. The summed E-state index contributed by atoms with van der Waals surface area (Å²) in [6.45, 7) is 0. The molecule has 0 spiro atoms. The Morgan fingerprint density at radius 1 is 0.704 bits per heavy atom. The minimum absolute atomic E-state index is 0.176. The van der Waals surface area contributed by atoms with Gasteiger partial charge in [0.05, 0.1) is 4.90 Å². The van der Waals surface area contributed by atoms with Gasteiger partial charge in [-0.3, -0.25) is 4.79 Å². The highest BCUT2D eigenvalue weighted by atomic mass is 32.2. The van der Waals surface area contributed by atoms with Crippen molar-refractivity contribution in [3.8, 4) is 5.69 Å². The van der Waals surface area contributed by atoms with E-state index in [-0.39, 0.29) is 10.7 Å². The Balaban J connectivity index is 1.62. The first-order chi connectivity index (χ1) is 13.1. The molecule has 0 amide bonds. The topological polar surface area (TPSA) is 61.1 Å². The standard InChI is InChI=1S/C21H16N2O3S/c24-21(17-11-13-22(15-17)19-7-3-1-4-8-19)18-12-14-23(16-18)27(25,26)20-9-5-2-6-10-20/h1-16H. The third-order valence-electron chi connectivity index (χ3n) is 4.26. The Kier molecular flexibility index (Phi) is 4.25. The highest BCUT2D eigenvalue weighted by molar-refractivity contribution is 7.90. The first-order valence-electron chi connectivity index (χ1n) is 8.32.